The zero-order chi connectivity index (χ0) is 18.1. The zero-order valence-corrected chi connectivity index (χ0v) is 15.0. The normalized spacial score (nSPS) is 20.9. The highest BCUT2D eigenvalue weighted by molar-refractivity contribution is 6.14. The van der Waals surface area contributed by atoms with E-state index in [0.29, 0.717) is 11.3 Å². The van der Waals surface area contributed by atoms with Gasteiger partial charge >= 0.3 is 0 Å². The first-order valence-electron chi connectivity index (χ1n) is 8.47. The van der Waals surface area contributed by atoms with E-state index in [0.717, 1.165) is 22.4 Å². The highest BCUT2D eigenvalue weighted by atomic mass is 16.2. The van der Waals surface area contributed by atoms with E-state index >= 15 is 0 Å². The van der Waals surface area contributed by atoms with Crippen molar-refractivity contribution in [1.29, 1.82) is 0 Å². The van der Waals surface area contributed by atoms with Gasteiger partial charge in [0.2, 0.25) is 5.91 Å². The van der Waals surface area contributed by atoms with Gasteiger partial charge in [0.15, 0.2) is 0 Å². The molecule has 1 aromatic rings. The molecule has 2 aliphatic rings. The molecular formula is C21H22N2O2. The van der Waals surface area contributed by atoms with Gasteiger partial charge < -0.3 is 5.32 Å². The van der Waals surface area contributed by atoms with E-state index in [1.165, 1.54) is 0 Å². The number of aliphatic imine (C=N–C) groups is 1. The summed E-state index contributed by atoms with van der Waals surface area (Å²) in [6.45, 7) is 8.06. The molecule has 0 bridgehead atoms. The van der Waals surface area contributed by atoms with Crippen LogP contribution in [0.4, 0.5) is 0 Å². The number of aryl methyl sites for hydroxylation is 2. The Labute approximate surface area is 148 Å². The van der Waals surface area contributed by atoms with Gasteiger partial charge in [-0.2, -0.15) is 0 Å². The van der Waals surface area contributed by atoms with E-state index in [4.69, 9.17) is 0 Å². The van der Waals surface area contributed by atoms with Gasteiger partial charge in [-0.15, -0.1) is 0 Å². The summed E-state index contributed by atoms with van der Waals surface area (Å²) < 4.78 is 0. The quantitative estimate of drug-likeness (QED) is 0.897. The van der Waals surface area contributed by atoms with Crippen molar-refractivity contribution in [3.05, 3.63) is 70.5 Å². The van der Waals surface area contributed by atoms with Crippen LogP contribution in [0.1, 0.15) is 35.3 Å². The van der Waals surface area contributed by atoms with Crippen molar-refractivity contribution in [2.75, 3.05) is 0 Å². The Balaban J connectivity index is 1.90. The number of nitrogens with one attached hydrogen (secondary N) is 1. The first-order chi connectivity index (χ1) is 11.8. The van der Waals surface area contributed by atoms with Crippen molar-refractivity contribution < 1.29 is 9.59 Å². The van der Waals surface area contributed by atoms with Crippen molar-refractivity contribution in [3.8, 4) is 0 Å². The van der Waals surface area contributed by atoms with Gasteiger partial charge in [0.1, 0.15) is 0 Å². The molecule has 0 aromatic heterocycles. The van der Waals surface area contributed by atoms with Crippen LogP contribution in [0.5, 0.6) is 0 Å². The summed E-state index contributed by atoms with van der Waals surface area (Å²) in [5.41, 5.74) is 5.06. The maximum absolute atomic E-state index is 12.5. The van der Waals surface area contributed by atoms with Gasteiger partial charge in [-0.05, 0) is 49.6 Å². The van der Waals surface area contributed by atoms with Crippen molar-refractivity contribution in [2.45, 2.75) is 27.7 Å². The second kappa shape index (κ2) is 6.63. The van der Waals surface area contributed by atoms with Crippen molar-refractivity contribution in [3.63, 3.8) is 0 Å². The Morgan fingerprint density at radius 1 is 1.12 bits per heavy atom. The van der Waals surface area contributed by atoms with E-state index in [1.807, 2.05) is 44.2 Å². The molecule has 128 valence electrons. The monoisotopic (exact) mass is 334 g/mol. The molecule has 4 nitrogen and oxygen atoms in total. The molecule has 3 rings (SSSR count). The van der Waals surface area contributed by atoms with Crippen LogP contribution in [0.15, 0.2) is 58.8 Å². The SMILES string of the molecule is Cc1cc(C)cc(C(=O)N=C2C=CC3C(=C2)NC(=O)C=C3C(C)C)c1. The van der Waals surface area contributed by atoms with Gasteiger partial charge in [-0.3, -0.25) is 9.59 Å². The number of carbonyl (C=O) groups excluding carboxylic acids is 2. The lowest BCUT2D eigenvalue weighted by atomic mass is 9.82. The molecule has 1 heterocycles. The molecular weight excluding hydrogens is 312 g/mol. The van der Waals surface area contributed by atoms with Crippen LogP contribution in [-0.4, -0.2) is 17.5 Å². The third-order valence-corrected chi connectivity index (χ3v) is 4.39. The maximum atomic E-state index is 12.5. The summed E-state index contributed by atoms with van der Waals surface area (Å²) in [5.74, 6) is -0.0718. The number of nitrogens with zero attached hydrogens (tertiary/aromatic N) is 1. The molecule has 4 heteroatoms. The number of hydrogen-bond donors (Lipinski definition) is 1. The van der Waals surface area contributed by atoms with Gasteiger partial charge in [0, 0.05) is 23.3 Å². The number of fused-ring (bicyclic) bond motifs is 1. The molecule has 1 atom stereocenters. The number of rotatable bonds is 2. The van der Waals surface area contributed by atoms with Gasteiger partial charge in [0.25, 0.3) is 5.91 Å². The minimum absolute atomic E-state index is 0.0490. The molecule has 1 aliphatic heterocycles. The summed E-state index contributed by atoms with van der Waals surface area (Å²) in [5, 5.41) is 2.87. The molecule has 1 unspecified atom stereocenters. The third kappa shape index (κ3) is 3.68. The number of benzene rings is 1. The van der Waals surface area contributed by atoms with Crippen LogP contribution in [0, 0.1) is 25.7 Å². The zero-order valence-electron chi connectivity index (χ0n) is 15.0. The van der Waals surface area contributed by atoms with Crippen LogP contribution in [-0.2, 0) is 4.79 Å². The van der Waals surface area contributed by atoms with Crippen LogP contribution in [0.3, 0.4) is 0 Å². The summed E-state index contributed by atoms with van der Waals surface area (Å²) in [6.07, 6.45) is 7.30. The fraction of sp³-hybridized carbons (Fsp3) is 0.286. The van der Waals surface area contributed by atoms with Crippen LogP contribution >= 0.6 is 0 Å². The molecule has 0 saturated heterocycles. The molecule has 0 radical (unpaired) electrons. The fourth-order valence-electron chi connectivity index (χ4n) is 3.29. The standard InChI is InChI=1S/C21H22N2O2/c1-12(2)18-11-20(24)23-19-10-16(5-6-17(18)19)22-21(25)15-8-13(3)7-14(4)9-15/h5-12,17H,1-4H3,(H,23,24). The molecule has 1 N–H and O–H groups in total. The fourth-order valence-corrected chi connectivity index (χ4v) is 3.29. The third-order valence-electron chi connectivity index (χ3n) is 4.39. The van der Waals surface area contributed by atoms with Gasteiger partial charge in [-0.25, -0.2) is 4.99 Å². The number of carbonyl (C=O) groups is 2. The largest absolute Gasteiger partial charge is 0.325 e. The topological polar surface area (TPSA) is 58.5 Å². The highest BCUT2D eigenvalue weighted by Gasteiger charge is 2.27. The first kappa shape index (κ1) is 17.1. The van der Waals surface area contributed by atoms with Crippen LogP contribution in [0.25, 0.3) is 0 Å². The molecule has 0 saturated carbocycles. The smallest absolute Gasteiger partial charge is 0.277 e. The number of allylic oxidation sites excluding steroid dienone is 3. The summed E-state index contributed by atoms with van der Waals surface area (Å²) in [4.78, 5) is 28.6. The van der Waals surface area contributed by atoms with Gasteiger partial charge in [-0.1, -0.05) is 37.1 Å². The van der Waals surface area contributed by atoms with E-state index in [2.05, 4.69) is 24.2 Å². The molecule has 1 aliphatic carbocycles. The minimum atomic E-state index is -0.275. The van der Waals surface area contributed by atoms with Gasteiger partial charge in [0.05, 0.1) is 5.71 Å². The minimum Gasteiger partial charge on any atom is -0.325 e. The lowest BCUT2D eigenvalue weighted by Crippen LogP contribution is -2.34. The molecule has 25 heavy (non-hydrogen) atoms. The Morgan fingerprint density at radius 3 is 2.44 bits per heavy atom. The number of amides is 2. The Bertz CT molecular complexity index is 850. The molecule has 1 aromatic carbocycles. The van der Waals surface area contributed by atoms with E-state index < -0.39 is 0 Å². The summed E-state index contributed by atoms with van der Waals surface area (Å²) >= 11 is 0. The molecule has 0 fully saturated rings. The Hall–Kier alpha value is -2.75. The first-order valence-corrected chi connectivity index (χ1v) is 8.47. The lowest BCUT2D eigenvalue weighted by molar-refractivity contribution is -0.116. The lowest BCUT2D eigenvalue weighted by Gasteiger charge is -2.29. The highest BCUT2D eigenvalue weighted by Crippen LogP contribution is 2.31. The predicted octanol–water partition coefficient (Wildman–Crippen LogP) is 3.67. The molecule has 0 spiro atoms. The van der Waals surface area contributed by atoms with Crippen molar-refractivity contribution >= 4 is 17.5 Å². The average Bonchev–Trinajstić information content (AvgIpc) is 2.52. The van der Waals surface area contributed by atoms with E-state index in [-0.39, 0.29) is 23.7 Å². The summed E-state index contributed by atoms with van der Waals surface area (Å²) in [7, 11) is 0. The average molecular weight is 334 g/mol. The summed E-state index contributed by atoms with van der Waals surface area (Å²) in [6, 6.07) is 5.70. The predicted molar refractivity (Wildman–Crippen MR) is 99.5 cm³/mol. The van der Waals surface area contributed by atoms with E-state index in [9.17, 15) is 9.59 Å². The van der Waals surface area contributed by atoms with Crippen LogP contribution in [0.2, 0.25) is 0 Å². The Morgan fingerprint density at radius 2 is 1.80 bits per heavy atom. The second-order valence-electron chi connectivity index (χ2n) is 6.94. The molecule has 2 amide bonds. The van der Waals surface area contributed by atoms with Crippen molar-refractivity contribution in [2.24, 2.45) is 16.8 Å². The maximum Gasteiger partial charge on any atom is 0.277 e. The van der Waals surface area contributed by atoms with Crippen LogP contribution < -0.4 is 5.32 Å². The number of hydrogen-bond acceptors (Lipinski definition) is 2. The second-order valence-corrected chi connectivity index (χ2v) is 6.94. The van der Waals surface area contributed by atoms with E-state index in [1.54, 1.807) is 12.2 Å². The Kier molecular flexibility index (Phi) is 4.53. The van der Waals surface area contributed by atoms with Crippen molar-refractivity contribution in [1.82, 2.24) is 5.32 Å².